The van der Waals surface area contributed by atoms with Crippen molar-refractivity contribution < 1.29 is 14.3 Å². The second-order valence-corrected chi connectivity index (χ2v) is 9.28. The second-order valence-electron chi connectivity index (χ2n) is 8.26. The van der Waals surface area contributed by atoms with Crippen molar-refractivity contribution >= 4 is 40.2 Å². The van der Waals surface area contributed by atoms with Crippen molar-refractivity contribution in [2.75, 3.05) is 0 Å². The van der Waals surface area contributed by atoms with Gasteiger partial charge in [0.25, 0.3) is 5.91 Å². The molecular weight excluding hydrogens is 497 g/mol. The number of aryl methyl sites for hydroxylation is 1. The van der Waals surface area contributed by atoms with Gasteiger partial charge in [-0.05, 0) is 85.5 Å². The van der Waals surface area contributed by atoms with Crippen LogP contribution in [0.4, 0.5) is 4.79 Å². The normalized spacial score (nSPS) is 15.8. The van der Waals surface area contributed by atoms with Crippen LogP contribution in [0.1, 0.15) is 54.8 Å². The van der Waals surface area contributed by atoms with Crippen molar-refractivity contribution in [3.63, 3.8) is 0 Å². The molecule has 2 heterocycles. The van der Waals surface area contributed by atoms with E-state index in [0.29, 0.717) is 5.65 Å². The largest absolute Gasteiger partial charge is 0.444 e. The Morgan fingerprint density at radius 2 is 2.03 bits per heavy atom. The molecule has 3 aromatic rings. The molecule has 30 heavy (non-hydrogen) atoms. The van der Waals surface area contributed by atoms with Crippen molar-refractivity contribution in [2.45, 2.75) is 45.3 Å². The number of rotatable bonds is 3. The number of aromatic nitrogens is 3. The lowest BCUT2D eigenvalue weighted by molar-refractivity contribution is 0.0503. The molecule has 2 aromatic heterocycles. The highest BCUT2D eigenvalue weighted by Gasteiger charge is 2.27. The summed E-state index contributed by atoms with van der Waals surface area (Å²) in [7, 11) is 0. The topological polar surface area (TPSA) is 112 Å². The van der Waals surface area contributed by atoms with E-state index in [1.807, 2.05) is 32.9 Å². The maximum Gasteiger partial charge on any atom is 0.408 e. The van der Waals surface area contributed by atoms with E-state index in [2.05, 4.69) is 44.1 Å². The van der Waals surface area contributed by atoms with Crippen molar-refractivity contribution in [3.05, 3.63) is 50.9 Å². The number of hydrogen-bond donors (Lipinski definition) is 2. The number of nitrogens with zero attached hydrogens (tertiary/aromatic N) is 3. The lowest BCUT2D eigenvalue weighted by atomic mass is 10.0. The summed E-state index contributed by atoms with van der Waals surface area (Å²) in [6.07, 6.45) is 1.28. The molecule has 1 aliphatic carbocycles. The maximum atomic E-state index is 12.1. The molecule has 0 fully saturated rings. The zero-order chi connectivity index (χ0) is 21.6. The van der Waals surface area contributed by atoms with Gasteiger partial charge in [-0.3, -0.25) is 4.79 Å². The Labute approximate surface area is 187 Å². The number of imidazole rings is 1. The highest BCUT2D eigenvalue weighted by atomic mass is 127. The minimum absolute atomic E-state index is 0.0659. The van der Waals surface area contributed by atoms with Crippen molar-refractivity contribution in [1.82, 2.24) is 19.9 Å². The average molecular weight is 519 g/mol. The van der Waals surface area contributed by atoms with Crippen molar-refractivity contribution in [1.29, 1.82) is 0 Å². The van der Waals surface area contributed by atoms with E-state index < -0.39 is 17.6 Å². The molecule has 1 aliphatic rings. The molecule has 1 atom stereocenters. The molecule has 3 N–H and O–H groups in total. The van der Waals surface area contributed by atoms with E-state index in [9.17, 15) is 9.59 Å². The number of halogens is 1. The minimum Gasteiger partial charge on any atom is -0.444 e. The van der Waals surface area contributed by atoms with Crippen LogP contribution in [0.2, 0.25) is 0 Å². The number of carbonyl (C=O) groups is 2. The number of amides is 2. The van der Waals surface area contributed by atoms with Crippen LogP contribution in [-0.4, -0.2) is 32.2 Å². The second kappa shape index (κ2) is 7.53. The van der Waals surface area contributed by atoms with Crippen LogP contribution in [0.25, 0.3) is 16.9 Å². The van der Waals surface area contributed by atoms with Gasteiger partial charge in [-0.15, -0.1) is 0 Å². The Kier molecular flexibility index (Phi) is 5.16. The van der Waals surface area contributed by atoms with Crippen molar-refractivity contribution in [3.8, 4) is 11.3 Å². The first kappa shape index (κ1) is 20.6. The standard InChI is InChI=1S/C21H22IN5O3/c1-21(2,3)30-20(29)24-14-7-5-11-10-12(4-6-13(11)14)17-18(22)27-16(25-17)9-8-15(26-27)19(23)28/h4,6,8-10,14H,5,7H2,1-3H3,(H2,23,28)(H,24,29)/t14-/m0/s1. The predicted molar refractivity (Wildman–Crippen MR) is 120 cm³/mol. The van der Waals surface area contributed by atoms with E-state index in [1.54, 1.807) is 16.6 Å². The molecule has 0 aliphatic heterocycles. The lowest BCUT2D eigenvalue weighted by Gasteiger charge is -2.22. The summed E-state index contributed by atoms with van der Waals surface area (Å²) in [4.78, 5) is 28.2. The van der Waals surface area contributed by atoms with Gasteiger partial charge in [0.15, 0.2) is 5.65 Å². The first-order valence-electron chi connectivity index (χ1n) is 9.60. The van der Waals surface area contributed by atoms with Gasteiger partial charge in [-0.25, -0.2) is 14.3 Å². The number of nitrogens with one attached hydrogen (secondary N) is 1. The summed E-state index contributed by atoms with van der Waals surface area (Å²) < 4.78 is 7.80. The molecule has 8 nitrogen and oxygen atoms in total. The fourth-order valence-corrected chi connectivity index (χ4v) is 4.37. The zero-order valence-electron chi connectivity index (χ0n) is 16.9. The minimum atomic E-state index is -0.580. The first-order valence-corrected chi connectivity index (χ1v) is 10.7. The third kappa shape index (κ3) is 3.98. The SMILES string of the molecule is CC(C)(C)OC(=O)N[C@H]1CCc2cc(-c3nc4ccc(C(N)=O)nn4c3I)ccc21. The summed E-state index contributed by atoms with van der Waals surface area (Å²) in [5.74, 6) is -0.580. The van der Waals surface area contributed by atoms with E-state index >= 15 is 0 Å². The third-order valence-electron chi connectivity index (χ3n) is 4.86. The number of hydrogen-bond acceptors (Lipinski definition) is 5. The van der Waals surface area contributed by atoms with Crippen LogP contribution in [0, 0.1) is 3.70 Å². The molecule has 0 saturated carbocycles. The molecule has 4 rings (SSSR count). The predicted octanol–water partition coefficient (Wildman–Crippen LogP) is 3.61. The van der Waals surface area contributed by atoms with Gasteiger partial charge in [-0.2, -0.15) is 5.10 Å². The van der Waals surface area contributed by atoms with E-state index in [4.69, 9.17) is 10.5 Å². The van der Waals surface area contributed by atoms with Gasteiger partial charge < -0.3 is 15.8 Å². The Bertz CT molecular complexity index is 1170. The van der Waals surface area contributed by atoms with Gasteiger partial charge in [-0.1, -0.05) is 12.1 Å². The van der Waals surface area contributed by atoms with Crippen molar-refractivity contribution in [2.24, 2.45) is 5.73 Å². The zero-order valence-corrected chi connectivity index (χ0v) is 19.1. The quantitative estimate of drug-likeness (QED) is 0.514. The van der Waals surface area contributed by atoms with Crippen LogP contribution in [0.5, 0.6) is 0 Å². The molecule has 0 saturated heterocycles. The highest BCUT2D eigenvalue weighted by Crippen LogP contribution is 2.35. The van der Waals surface area contributed by atoms with Gasteiger partial charge in [0, 0.05) is 5.56 Å². The van der Waals surface area contributed by atoms with E-state index in [-0.39, 0.29) is 11.7 Å². The summed E-state index contributed by atoms with van der Waals surface area (Å²) >= 11 is 2.17. The monoisotopic (exact) mass is 519 g/mol. The molecule has 1 aromatic carbocycles. The average Bonchev–Trinajstić information content (AvgIpc) is 3.20. The van der Waals surface area contributed by atoms with Gasteiger partial charge in [0.1, 0.15) is 20.7 Å². The Hall–Kier alpha value is -2.69. The number of nitrogens with two attached hydrogens (primary N) is 1. The first-order chi connectivity index (χ1) is 14.1. The van der Waals surface area contributed by atoms with Gasteiger partial charge in [0.2, 0.25) is 0 Å². The number of benzene rings is 1. The third-order valence-corrected chi connectivity index (χ3v) is 5.83. The Morgan fingerprint density at radius 1 is 1.27 bits per heavy atom. The molecule has 0 unspecified atom stereocenters. The molecule has 0 bridgehead atoms. The lowest BCUT2D eigenvalue weighted by Crippen LogP contribution is -2.34. The van der Waals surface area contributed by atoms with Crippen LogP contribution in [0.3, 0.4) is 0 Å². The van der Waals surface area contributed by atoms with E-state index in [1.165, 1.54) is 5.56 Å². The summed E-state index contributed by atoms with van der Waals surface area (Å²) in [6.45, 7) is 5.54. The number of primary amides is 1. The van der Waals surface area contributed by atoms with Gasteiger partial charge >= 0.3 is 6.09 Å². The Balaban J connectivity index is 1.62. The number of carbonyl (C=O) groups excluding carboxylic acids is 2. The number of ether oxygens (including phenoxy) is 1. The number of fused-ring (bicyclic) bond motifs is 2. The summed E-state index contributed by atoms with van der Waals surface area (Å²) in [5, 5.41) is 7.24. The molecular formula is C21H22IN5O3. The fourth-order valence-electron chi connectivity index (χ4n) is 3.59. The molecule has 0 radical (unpaired) electrons. The Morgan fingerprint density at radius 3 is 2.73 bits per heavy atom. The van der Waals surface area contributed by atoms with Gasteiger partial charge in [0.05, 0.1) is 6.04 Å². The fraction of sp³-hybridized carbons (Fsp3) is 0.333. The molecule has 0 spiro atoms. The summed E-state index contributed by atoms with van der Waals surface area (Å²) in [5.41, 5.74) is 9.66. The van der Waals surface area contributed by atoms with Crippen LogP contribution in [0.15, 0.2) is 30.3 Å². The smallest absolute Gasteiger partial charge is 0.408 e. The number of alkyl carbamates (subject to hydrolysis) is 1. The van der Waals surface area contributed by atoms with Crippen LogP contribution in [-0.2, 0) is 11.2 Å². The van der Waals surface area contributed by atoms with Crippen LogP contribution < -0.4 is 11.1 Å². The molecule has 9 heteroatoms. The highest BCUT2D eigenvalue weighted by molar-refractivity contribution is 14.1. The van der Waals surface area contributed by atoms with E-state index in [0.717, 1.165) is 33.4 Å². The summed E-state index contributed by atoms with van der Waals surface area (Å²) in [6, 6.07) is 9.36. The molecule has 2 amide bonds. The molecule has 156 valence electrons. The maximum absolute atomic E-state index is 12.1. The van der Waals surface area contributed by atoms with Crippen LogP contribution >= 0.6 is 22.6 Å².